The normalized spacial score (nSPS) is 10.1. The van der Waals surface area contributed by atoms with Crippen molar-refractivity contribution in [2.45, 2.75) is 0 Å². The first kappa shape index (κ1) is 17.1. The van der Waals surface area contributed by atoms with Gasteiger partial charge in [0.05, 0.1) is 26.9 Å². The summed E-state index contributed by atoms with van der Waals surface area (Å²) in [4.78, 5) is 12.2. The van der Waals surface area contributed by atoms with Gasteiger partial charge in [0, 0.05) is 22.3 Å². The molecule has 0 atom stereocenters. The summed E-state index contributed by atoms with van der Waals surface area (Å²) in [5.41, 5.74) is 0.328. The number of carbonyl (C=O) groups is 1. The van der Waals surface area contributed by atoms with Crippen molar-refractivity contribution >= 4 is 27.5 Å². The second-order valence-electron chi connectivity index (χ2n) is 4.49. The van der Waals surface area contributed by atoms with Crippen LogP contribution in [0.1, 0.15) is 10.4 Å². The van der Waals surface area contributed by atoms with Gasteiger partial charge >= 0.3 is 0 Å². The van der Waals surface area contributed by atoms with Gasteiger partial charge in [0.1, 0.15) is 5.82 Å². The highest BCUT2D eigenvalue weighted by atomic mass is 79.9. The summed E-state index contributed by atoms with van der Waals surface area (Å²) in [5.74, 6) is -0.0201. The highest BCUT2D eigenvalue weighted by molar-refractivity contribution is 9.10. The van der Waals surface area contributed by atoms with Crippen molar-refractivity contribution in [3.8, 4) is 17.2 Å². The Kier molecular flexibility index (Phi) is 5.44. The molecule has 23 heavy (non-hydrogen) atoms. The summed E-state index contributed by atoms with van der Waals surface area (Å²) in [6.45, 7) is 0. The zero-order chi connectivity index (χ0) is 17.0. The molecule has 0 bridgehead atoms. The summed E-state index contributed by atoms with van der Waals surface area (Å²) in [6, 6.07) is 7.34. The molecule has 0 aliphatic rings. The van der Waals surface area contributed by atoms with Crippen molar-refractivity contribution in [3.05, 3.63) is 46.2 Å². The number of amides is 1. The first-order chi connectivity index (χ1) is 11.0. The van der Waals surface area contributed by atoms with Gasteiger partial charge < -0.3 is 19.5 Å². The van der Waals surface area contributed by atoms with Crippen LogP contribution >= 0.6 is 15.9 Å². The predicted octanol–water partition coefficient (Wildman–Crippen LogP) is 3.87. The van der Waals surface area contributed by atoms with Gasteiger partial charge in [-0.2, -0.15) is 0 Å². The van der Waals surface area contributed by atoms with Crippen LogP contribution < -0.4 is 19.5 Å². The molecule has 0 radical (unpaired) electrons. The van der Waals surface area contributed by atoms with E-state index in [1.54, 1.807) is 18.2 Å². The Labute approximate surface area is 141 Å². The van der Waals surface area contributed by atoms with Crippen molar-refractivity contribution in [1.82, 2.24) is 0 Å². The van der Waals surface area contributed by atoms with Crippen LogP contribution in [0.4, 0.5) is 10.1 Å². The number of methoxy groups -OCH3 is 3. The van der Waals surface area contributed by atoms with Crippen LogP contribution in [0.2, 0.25) is 0 Å². The minimum absolute atomic E-state index is 0.0676. The van der Waals surface area contributed by atoms with Gasteiger partial charge in [0.2, 0.25) is 5.75 Å². The van der Waals surface area contributed by atoms with Gasteiger partial charge in [-0.3, -0.25) is 4.79 Å². The highest BCUT2D eigenvalue weighted by Gasteiger charge is 2.17. The van der Waals surface area contributed by atoms with E-state index in [0.29, 0.717) is 27.4 Å². The first-order valence-corrected chi connectivity index (χ1v) is 7.35. The predicted molar refractivity (Wildman–Crippen MR) is 88.2 cm³/mol. The maximum Gasteiger partial charge on any atom is 0.258 e. The Balaban J connectivity index is 2.34. The van der Waals surface area contributed by atoms with Crippen molar-refractivity contribution < 1.29 is 23.4 Å². The molecular formula is C16H15BrFNO4. The van der Waals surface area contributed by atoms with Gasteiger partial charge in [-0.05, 0) is 18.2 Å². The number of hydrogen-bond donors (Lipinski definition) is 1. The molecule has 5 nitrogen and oxygen atoms in total. The zero-order valence-electron chi connectivity index (χ0n) is 12.8. The Hall–Kier alpha value is -2.28. The molecule has 0 aliphatic carbocycles. The molecule has 2 aromatic rings. The third-order valence-corrected chi connectivity index (χ3v) is 3.59. The van der Waals surface area contributed by atoms with Crippen LogP contribution in [0.5, 0.6) is 17.2 Å². The number of anilines is 1. The molecule has 1 amide bonds. The van der Waals surface area contributed by atoms with Gasteiger partial charge in [0.25, 0.3) is 5.91 Å². The van der Waals surface area contributed by atoms with E-state index in [-0.39, 0.29) is 5.56 Å². The Morgan fingerprint density at radius 3 is 2.13 bits per heavy atom. The Morgan fingerprint density at radius 2 is 1.65 bits per heavy atom. The van der Waals surface area contributed by atoms with E-state index in [1.807, 2.05) is 0 Å². The molecule has 1 N–H and O–H groups in total. The number of nitrogens with one attached hydrogen (secondary N) is 1. The fraction of sp³-hybridized carbons (Fsp3) is 0.188. The largest absolute Gasteiger partial charge is 0.493 e. The molecule has 122 valence electrons. The average Bonchev–Trinajstić information content (AvgIpc) is 2.53. The molecule has 0 aromatic heterocycles. The smallest absolute Gasteiger partial charge is 0.258 e. The molecule has 0 fully saturated rings. The maximum absolute atomic E-state index is 13.9. The van der Waals surface area contributed by atoms with Crippen molar-refractivity contribution in [2.75, 3.05) is 26.6 Å². The lowest BCUT2D eigenvalue weighted by atomic mass is 10.2. The van der Waals surface area contributed by atoms with E-state index >= 15 is 0 Å². The Bertz CT molecular complexity index is 711. The lowest BCUT2D eigenvalue weighted by Gasteiger charge is -2.14. The molecule has 0 unspecified atom stereocenters. The molecule has 0 saturated carbocycles. The molecule has 0 aliphatic heterocycles. The van der Waals surface area contributed by atoms with E-state index in [1.165, 1.54) is 33.5 Å². The molecule has 2 rings (SSSR count). The van der Waals surface area contributed by atoms with Crippen LogP contribution in [0, 0.1) is 5.82 Å². The van der Waals surface area contributed by atoms with E-state index in [4.69, 9.17) is 14.2 Å². The lowest BCUT2D eigenvalue weighted by molar-refractivity contribution is 0.102. The molecular weight excluding hydrogens is 369 g/mol. The van der Waals surface area contributed by atoms with E-state index in [0.717, 1.165) is 0 Å². The second-order valence-corrected chi connectivity index (χ2v) is 5.41. The monoisotopic (exact) mass is 383 g/mol. The standard InChI is InChI=1S/C16H15BrFNO4/c1-21-13-7-10(8-14(22-2)15(13)23-3)19-16(20)11-5-4-9(17)6-12(11)18/h4-8H,1-3H3,(H,19,20). The lowest BCUT2D eigenvalue weighted by Crippen LogP contribution is -2.14. The molecule has 2 aromatic carbocycles. The summed E-state index contributed by atoms with van der Waals surface area (Å²) in [6.07, 6.45) is 0. The number of hydrogen-bond acceptors (Lipinski definition) is 4. The molecule has 7 heteroatoms. The summed E-state index contributed by atoms with van der Waals surface area (Å²) in [5, 5.41) is 2.61. The number of rotatable bonds is 5. The summed E-state index contributed by atoms with van der Waals surface area (Å²) in [7, 11) is 4.42. The minimum atomic E-state index is -0.621. The van der Waals surface area contributed by atoms with Crippen molar-refractivity contribution in [1.29, 1.82) is 0 Å². The topological polar surface area (TPSA) is 56.8 Å². The fourth-order valence-corrected chi connectivity index (χ4v) is 2.36. The van der Waals surface area contributed by atoms with Crippen molar-refractivity contribution in [2.24, 2.45) is 0 Å². The highest BCUT2D eigenvalue weighted by Crippen LogP contribution is 2.40. The van der Waals surface area contributed by atoms with Crippen molar-refractivity contribution in [3.63, 3.8) is 0 Å². The first-order valence-electron chi connectivity index (χ1n) is 6.56. The van der Waals surface area contributed by atoms with Crippen LogP contribution in [-0.2, 0) is 0 Å². The third kappa shape index (κ3) is 3.73. The summed E-state index contributed by atoms with van der Waals surface area (Å²) < 4.78 is 30.0. The van der Waals surface area contributed by atoms with Crippen LogP contribution in [-0.4, -0.2) is 27.2 Å². The van der Waals surface area contributed by atoms with E-state index in [2.05, 4.69) is 21.2 Å². The zero-order valence-corrected chi connectivity index (χ0v) is 14.4. The average molecular weight is 384 g/mol. The van der Waals surface area contributed by atoms with Gasteiger partial charge in [-0.15, -0.1) is 0 Å². The fourth-order valence-electron chi connectivity index (χ4n) is 2.03. The van der Waals surface area contributed by atoms with Gasteiger partial charge in [0.15, 0.2) is 11.5 Å². The number of carbonyl (C=O) groups excluding carboxylic acids is 1. The number of benzene rings is 2. The van der Waals surface area contributed by atoms with Gasteiger partial charge in [-0.25, -0.2) is 4.39 Å². The van der Waals surface area contributed by atoms with Crippen LogP contribution in [0.25, 0.3) is 0 Å². The van der Waals surface area contributed by atoms with Crippen LogP contribution in [0.15, 0.2) is 34.8 Å². The van der Waals surface area contributed by atoms with Gasteiger partial charge in [-0.1, -0.05) is 15.9 Å². The quantitative estimate of drug-likeness (QED) is 0.851. The third-order valence-electron chi connectivity index (χ3n) is 3.10. The summed E-state index contributed by atoms with van der Waals surface area (Å²) >= 11 is 3.15. The number of halogens is 2. The molecule has 0 spiro atoms. The Morgan fingerprint density at radius 1 is 1.04 bits per heavy atom. The van der Waals surface area contributed by atoms with E-state index in [9.17, 15) is 9.18 Å². The van der Waals surface area contributed by atoms with Crippen LogP contribution in [0.3, 0.4) is 0 Å². The minimum Gasteiger partial charge on any atom is -0.493 e. The molecule has 0 saturated heterocycles. The number of ether oxygens (including phenoxy) is 3. The molecule has 0 heterocycles. The maximum atomic E-state index is 13.9. The van der Waals surface area contributed by atoms with E-state index < -0.39 is 11.7 Å². The second kappa shape index (κ2) is 7.32. The SMILES string of the molecule is COc1cc(NC(=O)c2ccc(Br)cc2F)cc(OC)c1OC.